The van der Waals surface area contributed by atoms with E-state index in [-0.39, 0.29) is 49.1 Å². The molecule has 0 saturated heterocycles. The molecule has 6 nitrogen and oxygen atoms in total. The molecule has 0 radical (unpaired) electrons. The Hall–Kier alpha value is -1.00. The van der Waals surface area contributed by atoms with Gasteiger partial charge in [0.05, 0.1) is 19.1 Å². The SMILES string of the molecule is C=Cc1ccccc1.CC(C)(Br)C(=O)OCCO.CC(CC(Br)c1ccccc1)C(=O)OCCO.[Cu][Br]. The summed E-state index contributed by atoms with van der Waals surface area (Å²) >= 11 is 13.2. The van der Waals surface area contributed by atoms with Gasteiger partial charge in [-0.3, -0.25) is 9.59 Å². The summed E-state index contributed by atoms with van der Waals surface area (Å²) in [7, 11) is 0. The van der Waals surface area contributed by atoms with Crippen molar-refractivity contribution in [2.45, 2.75) is 36.3 Å². The van der Waals surface area contributed by atoms with Crippen molar-refractivity contribution < 1.29 is 43.5 Å². The van der Waals surface area contributed by atoms with E-state index in [0.717, 1.165) is 5.56 Å². The van der Waals surface area contributed by atoms with Gasteiger partial charge in [-0.25, -0.2) is 0 Å². The predicted octanol–water partition coefficient (Wildman–Crippen LogP) is 6.55. The normalized spacial score (nSPS) is 11.5. The maximum absolute atomic E-state index is 11.5. The molecule has 0 aliphatic heterocycles. The number of benzene rings is 2. The molecular formula is C27H36Br3CuO6. The summed E-state index contributed by atoms with van der Waals surface area (Å²) in [5, 5.41) is 16.9. The van der Waals surface area contributed by atoms with Crippen LogP contribution in [0.2, 0.25) is 0 Å². The van der Waals surface area contributed by atoms with Crippen LogP contribution in [0.4, 0.5) is 0 Å². The molecule has 2 atom stereocenters. The number of ether oxygens (including phenoxy) is 2. The topological polar surface area (TPSA) is 93.1 Å². The molecule has 0 aliphatic carbocycles. The van der Waals surface area contributed by atoms with Gasteiger partial charge >= 0.3 is 40.3 Å². The fourth-order valence-corrected chi connectivity index (χ4v) is 3.37. The van der Waals surface area contributed by atoms with Gasteiger partial charge in [-0.15, -0.1) is 0 Å². The molecule has 2 rings (SSSR count). The monoisotopic (exact) mass is 756 g/mol. The third-order valence-corrected chi connectivity index (χ3v) is 5.53. The summed E-state index contributed by atoms with van der Waals surface area (Å²) in [4.78, 5) is 22.5. The molecular weight excluding hydrogens is 724 g/mol. The van der Waals surface area contributed by atoms with E-state index in [2.05, 4.69) is 71.5 Å². The molecule has 2 N–H and O–H groups in total. The van der Waals surface area contributed by atoms with Gasteiger partial charge in [0.25, 0.3) is 0 Å². The molecule has 0 amide bonds. The van der Waals surface area contributed by atoms with E-state index in [1.54, 1.807) is 13.8 Å². The van der Waals surface area contributed by atoms with Gasteiger partial charge in [0.1, 0.15) is 17.5 Å². The minimum atomic E-state index is -0.651. The summed E-state index contributed by atoms with van der Waals surface area (Å²) in [5.41, 5.74) is 2.32. The Morgan fingerprint density at radius 2 is 1.43 bits per heavy atom. The van der Waals surface area contributed by atoms with Gasteiger partial charge in [-0.1, -0.05) is 112 Å². The number of alkyl halides is 2. The van der Waals surface area contributed by atoms with Crippen molar-refractivity contribution in [1.82, 2.24) is 0 Å². The summed E-state index contributed by atoms with van der Waals surface area (Å²) in [5.74, 6) is -0.813. The molecule has 0 heterocycles. The number of halogens is 3. The van der Waals surface area contributed by atoms with Crippen LogP contribution in [0.3, 0.4) is 0 Å². The van der Waals surface area contributed by atoms with Crippen molar-refractivity contribution >= 4 is 64.0 Å². The summed E-state index contributed by atoms with van der Waals surface area (Å²) in [6.45, 7) is 8.71. The van der Waals surface area contributed by atoms with Gasteiger partial charge in [-0.05, 0) is 31.4 Å². The first-order valence-corrected chi connectivity index (χ1v) is 15.3. The zero-order valence-corrected chi connectivity index (χ0v) is 26.9. The van der Waals surface area contributed by atoms with Gasteiger partial charge in [0, 0.05) is 4.83 Å². The number of hydrogen-bond donors (Lipinski definition) is 2. The van der Waals surface area contributed by atoms with Crippen molar-refractivity contribution in [3.8, 4) is 0 Å². The van der Waals surface area contributed by atoms with Crippen LogP contribution in [0.1, 0.15) is 43.1 Å². The molecule has 0 aliphatic rings. The summed E-state index contributed by atoms with van der Waals surface area (Å²) < 4.78 is 8.85. The Morgan fingerprint density at radius 3 is 1.84 bits per heavy atom. The zero-order chi connectivity index (χ0) is 28.7. The van der Waals surface area contributed by atoms with Crippen LogP contribution in [-0.2, 0) is 33.3 Å². The molecule has 37 heavy (non-hydrogen) atoms. The number of carbonyl (C=O) groups is 2. The second kappa shape index (κ2) is 24.1. The second-order valence-corrected chi connectivity index (χ2v) is 10.9. The number of rotatable bonds is 10. The first-order chi connectivity index (χ1) is 17.6. The van der Waals surface area contributed by atoms with Crippen LogP contribution in [0.15, 0.2) is 67.2 Å². The Bertz CT molecular complexity index is 848. The predicted molar refractivity (Wildman–Crippen MR) is 156 cm³/mol. The van der Waals surface area contributed by atoms with Crippen LogP contribution >= 0.6 is 46.0 Å². The molecule has 0 fully saturated rings. The molecule has 2 unspecified atom stereocenters. The van der Waals surface area contributed by atoms with Crippen LogP contribution in [0.25, 0.3) is 6.08 Å². The Kier molecular flexibility index (Phi) is 24.8. The quantitative estimate of drug-likeness (QED) is 0.162. The Balaban J connectivity index is 0. The van der Waals surface area contributed by atoms with Gasteiger partial charge < -0.3 is 19.7 Å². The molecule has 0 saturated carbocycles. The van der Waals surface area contributed by atoms with Crippen molar-refractivity contribution in [1.29, 1.82) is 0 Å². The average Bonchev–Trinajstić information content (AvgIpc) is 2.92. The van der Waals surface area contributed by atoms with E-state index in [1.165, 1.54) is 5.56 Å². The van der Waals surface area contributed by atoms with Crippen molar-refractivity contribution in [3.05, 3.63) is 78.4 Å². The standard InChI is InChI=1S/C13H17BrO3.C8H8.C6H11BrO3.BrH.Cu/c1-10(13(16)17-8-7-15)9-12(14)11-5-3-2-4-6-11;1-2-8-6-4-3-5-7-8;1-6(2,7)5(9)10-4-3-8;;/h2-6,10,12,15H,7-9H2,1H3;2-7H,1H2;8H,3-4H2,1-2H3;1H;/q;;;;+1/p-1. The minimum absolute atomic E-state index is 0.0634. The fourth-order valence-electron chi connectivity index (χ4n) is 2.39. The van der Waals surface area contributed by atoms with Gasteiger partial charge in [-0.2, -0.15) is 0 Å². The van der Waals surface area contributed by atoms with Crippen LogP contribution in [0.5, 0.6) is 0 Å². The van der Waals surface area contributed by atoms with E-state index >= 15 is 0 Å². The van der Waals surface area contributed by atoms with Crippen LogP contribution in [0, 0.1) is 5.92 Å². The molecule has 212 valence electrons. The molecule has 0 spiro atoms. The number of aliphatic hydroxyl groups excluding tert-OH is 2. The zero-order valence-electron chi connectivity index (χ0n) is 21.2. The summed E-state index contributed by atoms with van der Waals surface area (Å²) in [6, 6.07) is 20.0. The molecule has 0 bridgehead atoms. The third-order valence-electron chi connectivity index (χ3n) is 4.30. The van der Waals surface area contributed by atoms with E-state index in [9.17, 15) is 9.59 Å². The first-order valence-electron chi connectivity index (χ1n) is 11.3. The van der Waals surface area contributed by atoms with Gasteiger partial charge in [0.15, 0.2) is 0 Å². The maximum atomic E-state index is 11.5. The molecule has 0 aromatic heterocycles. The number of hydrogen-bond acceptors (Lipinski definition) is 6. The number of carbonyl (C=O) groups excluding carboxylic acids is 2. The van der Waals surface area contributed by atoms with Crippen molar-refractivity contribution in [2.24, 2.45) is 5.92 Å². The first kappa shape index (κ1) is 38.1. The van der Waals surface area contributed by atoms with E-state index in [4.69, 9.17) is 14.9 Å². The average molecular weight is 760 g/mol. The Labute approximate surface area is 253 Å². The van der Waals surface area contributed by atoms with Crippen LogP contribution < -0.4 is 0 Å². The summed E-state index contributed by atoms with van der Waals surface area (Å²) in [6.07, 6.45) is 2.51. The molecule has 2 aromatic rings. The van der Waals surface area contributed by atoms with E-state index in [0.29, 0.717) is 6.42 Å². The third kappa shape index (κ3) is 20.6. The second-order valence-electron chi connectivity index (χ2n) is 7.85. The van der Waals surface area contributed by atoms with Gasteiger partial charge in [0.2, 0.25) is 0 Å². The molecule has 10 heteroatoms. The van der Waals surface area contributed by atoms with E-state index < -0.39 is 4.32 Å². The number of esters is 2. The molecule has 2 aromatic carbocycles. The van der Waals surface area contributed by atoms with E-state index in [1.807, 2.05) is 73.7 Å². The van der Waals surface area contributed by atoms with Crippen molar-refractivity contribution in [3.63, 3.8) is 0 Å². The fraction of sp³-hybridized carbons (Fsp3) is 0.407. The van der Waals surface area contributed by atoms with Crippen LogP contribution in [-0.4, -0.2) is 52.9 Å². The van der Waals surface area contributed by atoms with Crippen molar-refractivity contribution in [2.75, 3.05) is 26.4 Å². The Morgan fingerprint density at radius 1 is 0.973 bits per heavy atom. The number of aliphatic hydroxyl groups is 2.